The number of nitrogens with zero attached hydrogens (tertiary/aromatic N) is 6. The SMILES string of the molecule is C[C@H](CN(C)C(=O)c1cnn(-c2ccc(F)cc2F)c1)c1nn[nH]n1. The second-order valence-corrected chi connectivity index (χ2v) is 5.63. The van der Waals surface area contributed by atoms with Crippen molar-refractivity contribution in [1.82, 2.24) is 35.3 Å². The van der Waals surface area contributed by atoms with Crippen LogP contribution in [0.25, 0.3) is 5.69 Å². The maximum Gasteiger partial charge on any atom is 0.256 e. The van der Waals surface area contributed by atoms with Gasteiger partial charge < -0.3 is 4.90 Å². The van der Waals surface area contributed by atoms with E-state index < -0.39 is 11.6 Å². The number of aromatic nitrogens is 6. The van der Waals surface area contributed by atoms with E-state index >= 15 is 0 Å². The van der Waals surface area contributed by atoms with E-state index in [0.29, 0.717) is 12.4 Å². The lowest BCUT2D eigenvalue weighted by atomic mass is 10.1. The number of halogens is 2. The van der Waals surface area contributed by atoms with Crippen molar-refractivity contribution in [3.8, 4) is 5.69 Å². The van der Waals surface area contributed by atoms with Gasteiger partial charge in [0.1, 0.15) is 11.5 Å². The van der Waals surface area contributed by atoms with Gasteiger partial charge in [-0.2, -0.15) is 10.3 Å². The molecule has 0 aliphatic carbocycles. The second kappa shape index (κ2) is 6.75. The van der Waals surface area contributed by atoms with Crippen molar-refractivity contribution in [2.24, 2.45) is 0 Å². The minimum atomic E-state index is -0.763. The third-order valence-electron chi connectivity index (χ3n) is 3.68. The molecule has 0 bridgehead atoms. The summed E-state index contributed by atoms with van der Waals surface area (Å²) in [5.74, 6) is -1.34. The quantitative estimate of drug-likeness (QED) is 0.756. The second-order valence-electron chi connectivity index (χ2n) is 5.63. The first-order valence-corrected chi connectivity index (χ1v) is 7.44. The Kier molecular flexibility index (Phi) is 4.50. The van der Waals surface area contributed by atoms with Gasteiger partial charge in [0.05, 0.1) is 11.8 Å². The van der Waals surface area contributed by atoms with Crippen LogP contribution in [0.15, 0.2) is 30.6 Å². The average Bonchev–Trinajstić information content (AvgIpc) is 3.26. The van der Waals surface area contributed by atoms with Crippen LogP contribution in [0.4, 0.5) is 8.78 Å². The van der Waals surface area contributed by atoms with Gasteiger partial charge in [0, 0.05) is 31.8 Å². The Hall–Kier alpha value is -3.17. The van der Waals surface area contributed by atoms with Gasteiger partial charge in [0.25, 0.3) is 5.91 Å². The molecule has 3 aromatic rings. The van der Waals surface area contributed by atoms with E-state index in [1.807, 2.05) is 6.92 Å². The number of H-pyrrole nitrogens is 1. The molecule has 0 saturated heterocycles. The number of hydrogen-bond acceptors (Lipinski definition) is 5. The van der Waals surface area contributed by atoms with Gasteiger partial charge in [-0.1, -0.05) is 12.1 Å². The predicted molar refractivity (Wildman–Crippen MR) is 83.0 cm³/mol. The van der Waals surface area contributed by atoms with Crippen LogP contribution in [-0.2, 0) is 0 Å². The normalized spacial score (nSPS) is 12.2. The summed E-state index contributed by atoms with van der Waals surface area (Å²) in [6.07, 6.45) is 2.73. The van der Waals surface area contributed by atoms with E-state index in [0.717, 1.165) is 12.1 Å². The molecule has 0 aliphatic rings. The van der Waals surface area contributed by atoms with E-state index in [-0.39, 0.29) is 23.1 Å². The molecule has 10 heteroatoms. The Morgan fingerprint density at radius 3 is 2.88 bits per heavy atom. The molecule has 2 heterocycles. The Morgan fingerprint density at radius 1 is 1.40 bits per heavy atom. The number of rotatable bonds is 5. The zero-order chi connectivity index (χ0) is 18.0. The van der Waals surface area contributed by atoms with Crippen molar-refractivity contribution in [1.29, 1.82) is 0 Å². The Bertz CT molecular complexity index is 878. The first-order chi connectivity index (χ1) is 12.0. The number of amides is 1. The van der Waals surface area contributed by atoms with Crippen molar-refractivity contribution in [2.45, 2.75) is 12.8 Å². The molecule has 1 aromatic carbocycles. The minimum absolute atomic E-state index is 0.0586. The minimum Gasteiger partial charge on any atom is -0.341 e. The molecule has 0 spiro atoms. The van der Waals surface area contributed by atoms with E-state index in [1.165, 1.54) is 28.0 Å². The maximum atomic E-state index is 13.8. The molecule has 8 nitrogen and oxygen atoms in total. The lowest BCUT2D eigenvalue weighted by molar-refractivity contribution is 0.0787. The summed E-state index contributed by atoms with van der Waals surface area (Å²) in [5.41, 5.74) is 0.342. The fourth-order valence-electron chi connectivity index (χ4n) is 2.41. The number of benzene rings is 1. The molecule has 3 rings (SSSR count). The highest BCUT2D eigenvalue weighted by Crippen LogP contribution is 2.16. The van der Waals surface area contributed by atoms with Gasteiger partial charge >= 0.3 is 0 Å². The molecule has 0 fully saturated rings. The number of carbonyl (C=O) groups excluding carboxylic acids is 1. The van der Waals surface area contributed by atoms with Crippen molar-refractivity contribution in [3.63, 3.8) is 0 Å². The van der Waals surface area contributed by atoms with Crippen LogP contribution in [-0.4, -0.2) is 54.8 Å². The fourth-order valence-corrected chi connectivity index (χ4v) is 2.41. The first kappa shape index (κ1) is 16.7. The molecule has 0 radical (unpaired) electrons. The third kappa shape index (κ3) is 3.52. The molecule has 0 saturated carbocycles. The third-order valence-corrected chi connectivity index (χ3v) is 3.68. The lowest BCUT2D eigenvalue weighted by Gasteiger charge is -2.19. The molecule has 130 valence electrons. The van der Waals surface area contributed by atoms with Crippen LogP contribution in [0.1, 0.15) is 29.0 Å². The van der Waals surface area contributed by atoms with Crippen LogP contribution in [0, 0.1) is 11.6 Å². The number of aromatic amines is 1. The van der Waals surface area contributed by atoms with Crippen molar-refractivity contribution >= 4 is 5.91 Å². The fraction of sp³-hybridized carbons (Fsp3) is 0.267. The summed E-state index contributed by atoms with van der Waals surface area (Å²) in [6, 6.07) is 3.14. The number of hydrogen-bond donors (Lipinski definition) is 1. The Morgan fingerprint density at radius 2 is 2.20 bits per heavy atom. The summed E-state index contributed by atoms with van der Waals surface area (Å²) in [5, 5.41) is 17.6. The van der Waals surface area contributed by atoms with Crippen LogP contribution in [0.5, 0.6) is 0 Å². The summed E-state index contributed by atoms with van der Waals surface area (Å²) in [6.45, 7) is 2.24. The highest BCUT2D eigenvalue weighted by molar-refractivity contribution is 5.93. The van der Waals surface area contributed by atoms with Gasteiger partial charge in [-0.25, -0.2) is 13.5 Å². The number of likely N-dealkylation sites (N-methyl/N-ethyl adjacent to an activating group) is 1. The molecule has 25 heavy (non-hydrogen) atoms. The summed E-state index contributed by atoms with van der Waals surface area (Å²) >= 11 is 0. The molecule has 2 aromatic heterocycles. The lowest BCUT2D eigenvalue weighted by Crippen LogP contribution is -2.30. The van der Waals surface area contributed by atoms with Gasteiger partial charge in [0.2, 0.25) is 0 Å². The molecular weight excluding hydrogens is 332 g/mol. The van der Waals surface area contributed by atoms with Gasteiger partial charge in [0.15, 0.2) is 11.6 Å². The Labute approximate surface area is 141 Å². The van der Waals surface area contributed by atoms with Crippen molar-refractivity contribution in [2.75, 3.05) is 13.6 Å². The Balaban J connectivity index is 1.73. The number of tetrazole rings is 1. The molecular formula is C15H15F2N7O. The molecule has 1 amide bonds. The van der Waals surface area contributed by atoms with Gasteiger partial charge in [-0.15, -0.1) is 10.2 Å². The van der Waals surface area contributed by atoms with Crippen LogP contribution in [0.3, 0.4) is 0 Å². The van der Waals surface area contributed by atoms with Crippen LogP contribution in [0.2, 0.25) is 0 Å². The van der Waals surface area contributed by atoms with Crippen molar-refractivity contribution < 1.29 is 13.6 Å². The number of carbonyl (C=O) groups is 1. The van der Waals surface area contributed by atoms with E-state index in [2.05, 4.69) is 25.7 Å². The average molecular weight is 347 g/mol. The smallest absolute Gasteiger partial charge is 0.256 e. The monoisotopic (exact) mass is 347 g/mol. The zero-order valence-electron chi connectivity index (χ0n) is 13.5. The van der Waals surface area contributed by atoms with Crippen LogP contribution >= 0.6 is 0 Å². The largest absolute Gasteiger partial charge is 0.341 e. The van der Waals surface area contributed by atoms with E-state index in [1.54, 1.807) is 7.05 Å². The first-order valence-electron chi connectivity index (χ1n) is 7.44. The highest BCUT2D eigenvalue weighted by atomic mass is 19.1. The zero-order valence-corrected chi connectivity index (χ0v) is 13.5. The van der Waals surface area contributed by atoms with Crippen LogP contribution < -0.4 is 0 Å². The molecule has 1 N–H and O–H groups in total. The van der Waals surface area contributed by atoms with Crippen molar-refractivity contribution in [3.05, 3.63) is 53.6 Å². The summed E-state index contributed by atoms with van der Waals surface area (Å²) in [4.78, 5) is 14.0. The van der Waals surface area contributed by atoms with Gasteiger partial charge in [-0.05, 0) is 12.1 Å². The summed E-state index contributed by atoms with van der Waals surface area (Å²) in [7, 11) is 1.63. The van der Waals surface area contributed by atoms with E-state index in [9.17, 15) is 13.6 Å². The molecule has 0 unspecified atom stereocenters. The predicted octanol–water partition coefficient (Wildman–Crippen LogP) is 1.54. The number of nitrogens with one attached hydrogen (secondary N) is 1. The van der Waals surface area contributed by atoms with E-state index in [4.69, 9.17) is 0 Å². The standard InChI is InChI=1S/C15H15F2N7O/c1-9(14-19-21-22-20-14)7-23(2)15(25)10-6-18-24(8-10)13-4-3-11(16)5-12(13)17/h3-6,8-9H,7H2,1-2H3,(H,19,20,21,22)/t9-/m1/s1. The topological polar surface area (TPSA) is 92.6 Å². The summed E-state index contributed by atoms with van der Waals surface area (Å²) < 4.78 is 28.0. The molecule has 0 aliphatic heterocycles. The van der Waals surface area contributed by atoms with Gasteiger partial charge in [-0.3, -0.25) is 4.79 Å². The highest BCUT2D eigenvalue weighted by Gasteiger charge is 2.20. The molecule has 1 atom stereocenters. The maximum absolute atomic E-state index is 13.8.